The summed E-state index contributed by atoms with van der Waals surface area (Å²) in [6.45, 7) is 13.6. The van der Waals surface area contributed by atoms with Gasteiger partial charge in [-0.15, -0.1) is 0 Å². The molecule has 1 fully saturated rings. The van der Waals surface area contributed by atoms with Crippen molar-refractivity contribution in [3.8, 4) is 11.5 Å². The normalized spacial score (nSPS) is 21.1. The molecule has 2 aromatic carbocycles. The number of carbonyl (C=O) groups excluding carboxylic acids is 2. The third kappa shape index (κ3) is 5.22. The average molecular weight is 527 g/mol. The first-order valence-corrected chi connectivity index (χ1v) is 13.4. The summed E-state index contributed by atoms with van der Waals surface area (Å²) in [4.78, 5) is 23.6. The molecule has 4 rings (SSSR count). The van der Waals surface area contributed by atoms with E-state index in [-0.39, 0.29) is 13.2 Å². The highest BCUT2D eigenvalue weighted by Gasteiger charge is 2.48. The summed E-state index contributed by atoms with van der Waals surface area (Å²) in [6.07, 6.45) is 4.90. The molecule has 2 aliphatic carbocycles. The number of rotatable bonds is 12. The van der Waals surface area contributed by atoms with Crippen molar-refractivity contribution in [3.63, 3.8) is 0 Å². The Bertz CT molecular complexity index is 1200. The van der Waals surface area contributed by atoms with Crippen molar-refractivity contribution in [2.75, 3.05) is 13.2 Å². The fourth-order valence-electron chi connectivity index (χ4n) is 5.74. The molecule has 1 saturated carbocycles. The molecule has 0 aromatic heterocycles. The minimum absolute atomic E-state index is 0.213. The Morgan fingerprint density at radius 3 is 1.97 bits per heavy atom. The van der Waals surface area contributed by atoms with Crippen molar-refractivity contribution in [1.82, 2.24) is 0 Å². The first kappa shape index (κ1) is 27.1. The first-order valence-electron chi connectivity index (χ1n) is 13.0. The van der Waals surface area contributed by atoms with Gasteiger partial charge in [0.2, 0.25) is 0 Å². The number of esters is 2. The lowest BCUT2D eigenvalue weighted by Crippen LogP contribution is -2.25. The number of halogens is 1. The predicted octanol–water partition coefficient (Wildman–Crippen LogP) is 6.88. The number of carbonyl (C=O) groups is 2. The Balaban J connectivity index is 1.78. The van der Waals surface area contributed by atoms with Crippen LogP contribution in [0.4, 0.5) is 0 Å². The molecule has 0 amide bonds. The summed E-state index contributed by atoms with van der Waals surface area (Å²) < 4.78 is 23.9. The largest absolute Gasteiger partial charge is 0.489 e. The van der Waals surface area contributed by atoms with Crippen molar-refractivity contribution in [3.05, 3.63) is 59.7 Å². The number of hydrogen-bond acceptors (Lipinski definition) is 6. The Morgan fingerprint density at radius 2 is 1.46 bits per heavy atom. The zero-order valence-corrected chi connectivity index (χ0v) is 22.5. The highest BCUT2D eigenvalue weighted by Crippen LogP contribution is 2.64. The van der Waals surface area contributed by atoms with Gasteiger partial charge in [-0.05, 0) is 49.5 Å². The van der Waals surface area contributed by atoms with Gasteiger partial charge in [-0.3, -0.25) is 0 Å². The lowest BCUT2D eigenvalue weighted by molar-refractivity contribution is -0.145. The van der Waals surface area contributed by atoms with Crippen LogP contribution in [0.3, 0.4) is 0 Å². The van der Waals surface area contributed by atoms with Gasteiger partial charge in [0.15, 0.2) is 0 Å². The third-order valence-corrected chi connectivity index (χ3v) is 8.02. The monoisotopic (exact) mass is 526 g/mol. The van der Waals surface area contributed by atoms with E-state index >= 15 is 0 Å². The van der Waals surface area contributed by atoms with Crippen LogP contribution in [0.15, 0.2) is 43.5 Å². The maximum Gasteiger partial charge on any atom is 0.330 e. The highest BCUT2D eigenvalue weighted by molar-refractivity contribution is 6.36. The number of ether oxygens (including phenoxy) is 4. The Kier molecular flexibility index (Phi) is 8.48. The van der Waals surface area contributed by atoms with Crippen LogP contribution in [0.1, 0.15) is 69.4 Å². The van der Waals surface area contributed by atoms with E-state index in [0.29, 0.717) is 35.6 Å². The van der Waals surface area contributed by atoms with Gasteiger partial charge in [-0.25, -0.2) is 9.59 Å². The van der Waals surface area contributed by atoms with Crippen LogP contribution >= 0.6 is 11.6 Å². The summed E-state index contributed by atoms with van der Waals surface area (Å²) in [7, 11) is 0. The minimum Gasteiger partial charge on any atom is -0.489 e. The van der Waals surface area contributed by atoms with E-state index in [1.807, 2.05) is 32.0 Å². The smallest absolute Gasteiger partial charge is 0.330 e. The molecule has 2 aromatic rings. The van der Waals surface area contributed by atoms with Crippen molar-refractivity contribution in [2.45, 2.75) is 70.5 Å². The Labute approximate surface area is 223 Å². The lowest BCUT2D eigenvalue weighted by atomic mass is 9.87. The van der Waals surface area contributed by atoms with E-state index in [9.17, 15) is 9.59 Å². The zero-order valence-electron chi connectivity index (χ0n) is 21.8. The van der Waals surface area contributed by atoms with Crippen molar-refractivity contribution in [1.29, 1.82) is 0 Å². The van der Waals surface area contributed by atoms with E-state index in [0.717, 1.165) is 58.4 Å². The number of benzene rings is 2. The molecule has 5 atom stereocenters. The maximum absolute atomic E-state index is 11.8. The maximum atomic E-state index is 11.8. The van der Waals surface area contributed by atoms with Gasteiger partial charge < -0.3 is 18.9 Å². The van der Waals surface area contributed by atoms with Crippen LogP contribution in [0.2, 0.25) is 5.02 Å². The molecule has 0 saturated heterocycles. The SMILES string of the molecule is C=CC(=O)OC(CC)COc1c2c(c(OCC(CC)OC(=O)C=C)c3c(Cl)cccc13)C1CCC2C1C. The van der Waals surface area contributed by atoms with Crippen LogP contribution in [0, 0.1) is 5.92 Å². The van der Waals surface area contributed by atoms with Gasteiger partial charge in [-0.2, -0.15) is 0 Å². The molecule has 198 valence electrons. The second-order valence-corrected chi connectivity index (χ2v) is 10.2. The molecule has 5 unspecified atom stereocenters. The van der Waals surface area contributed by atoms with Crippen LogP contribution in [0.25, 0.3) is 10.8 Å². The van der Waals surface area contributed by atoms with Crippen LogP contribution in [-0.4, -0.2) is 37.4 Å². The van der Waals surface area contributed by atoms with E-state index in [4.69, 9.17) is 30.5 Å². The van der Waals surface area contributed by atoms with Gasteiger partial charge in [0, 0.05) is 34.1 Å². The zero-order chi connectivity index (χ0) is 26.7. The molecule has 7 heteroatoms. The Hall–Kier alpha value is -2.99. The van der Waals surface area contributed by atoms with Gasteiger partial charge >= 0.3 is 11.9 Å². The van der Waals surface area contributed by atoms with E-state index in [1.54, 1.807) is 0 Å². The molecule has 2 aliphatic rings. The molecule has 0 spiro atoms. The van der Waals surface area contributed by atoms with Crippen LogP contribution in [0.5, 0.6) is 11.5 Å². The van der Waals surface area contributed by atoms with Gasteiger partial charge in [0.1, 0.15) is 36.9 Å². The minimum atomic E-state index is -0.470. The van der Waals surface area contributed by atoms with Crippen molar-refractivity contribution >= 4 is 34.3 Å². The average Bonchev–Trinajstić information content (AvgIpc) is 3.41. The van der Waals surface area contributed by atoms with Gasteiger partial charge in [-0.1, -0.05) is 57.7 Å². The second-order valence-electron chi connectivity index (χ2n) is 9.76. The molecule has 2 bridgehead atoms. The number of hydrogen-bond donors (Lipinski definition) is 0. The third-order valence-electron chi connectivity index (χ3n) is 7.70. The lowest BCUT2D eigenvalue weighted by Gasteiger charge is -2.27. The fraction of sp³-hybridized carbons (Fsp3) is 0.467. The van der Waals surface area contributed by atoms with E-state index in [2.05, 4.69) is 20.1 Å². The molecule has 0 N–H and O–H groups in total. The molecule has 6 nitrogen and oxygen atoms in total. The first-order chi connectivity index (χ1) is 17.8. The molecule has 0 aliphatic heterocycles. The van der Waals surface area contributed by atoms with Crippen LogP contribution < -0.4 is 9.47 Å². The fourth-order valence-corrected chi connectivity index (χ4v) is 6.00. The van der Waals surface area contributed by atoms with Crippen LogP contribution in [-0.2, 0) is 19.1 Å². The van der Waals surface area contributed by atoms with Gasteiger partial charge in [0.05, 0.1) is 5.02 Å². The van der Waals surface area contributed by atoms with Crippen molar-refractivity contribution in [2.24, 2.45) is 5.92 Å². The highest BCUT2D eigenvalue weighted by atomic mass is 35.5. The van der Waals surface area contributed by atoms with Crippen molar-refractivity contribution < 1.29 is 28.5 Å². The summed E-state index contributed by atoms with van der Waals surface area (Å²) in [5.74, 6) is 1.72. The van der Waals surface area contributed by atoms with Gasteiger partial charge in [0.25, 0.3) is 0 Å². The molecule has 0 heterocycles. The topological polar surface area (TPSA) is 71.1 Å². The molecular weight excluding hydrogens is 492 g/mol. The summed E-state index contributed by atoms with van der Waals surface area (Å²) in [5.41, 5.74) is 2.30. The molecule has 37 heavy (non-hydrogen) atoms. The Morgan fingerprint density at radius 1 is 0.946 bits per heavy atom. The predicted molar refractivity (Wildman–Crippen MR) is 145 cm³/mol. The number of fused-ring (bicyclic) bond motifs is 6. The molecular formula is C30H35ClO6. The summed E-state index contributed by atoms with van der Waals surface area (Å²) in [5, 5.41) is 2.22. The quantitative estimate of drug-likeness (QED) is 0.222. The standard InChI is InChI=1S/C30H35ClO6/c1-6-18(36-24(32)8-3)15-34-29-22-11-10-12-23(31)26(22)30(35-16-19(7-2)37-25(33)9-4)28-21-14-13-20(17(21)5)27(28)29/h8-12,17-21H,3-4,6-7,13-16H2,1-2,5H3. The summed E-state index contributed by atoms with van der Waals surface area (Å²) in [6, 6.07) is 5.74. The molecule has 0 radical (unpaired) electrons. The van der Waals surface area contributed by atoms with E-state index in [1.165, 1.54) is 0 Å². The summed E-state index contributed by atoms with van der Waals surface area (Å²) >= 11 is 6.79. The second kappa shape index (κ2) is 11.6. The van der Waals surface area contributed by atoms with E-state index < -0.39 is 24.1 Å².